The summed E-state index contributed by atoms with van der Waals surface area (Å²) in [5.74, 6) is -1.08. The zero-order chi connectivity index (χ0) is 19.3. The molecule has 2 aromatic rings. The van der Waals surface area contributed by atoms with Gasteiger partial charge in [-0.05, 0) is 12.1 Å². The van der Waals surface area contributed by atoms with Gasteiger partial charge in [0.1, 0.15) is 17.2 Å². The zero-order valence-electron chi connectivity index (χ0n) is 13.7. The molecule has 1 amide bonds. The van der Waals surface area contributed by atoms with Crippen LogP contribution in [0.15, 0.2) is 30.7 Å². The van der Waals surface area contributed by atoms with Crippen LogP contribution in [-0.2, 0) is 16.0 Å². The standard InChI is InChI=1S/C15H16ClF3N4O2S/c1-22(13(24)4-7-26(25)8-5-15(17,18)19)12-10-23(21-14(12)16)11-3-2-6-20-9-11/h2-3,6,9-10H,4-5,7-8H2,1H3. The third-order valence-electron chi connectivity index (χ3n) is 3.45. The lowest BCUT2D eigenvalue weighted by atomic mass is 10.4. The first-order chi connectivity index (χ1) is 12.2. The third-order valence-corrected chi connectivity index (χ3v) is 5.04. The Labute approximate surface area is 156 Å². The largest absolute Gasteiger partial charge is 0.616 e. The molecule has 2 heterocycles. The van der Waals surface area contributed by atoms with Gasteiger partial charge in [-0.15, -0.1) is 0 Å². The number of hydrogen-bond donors (Lipinski definition) is 0. The van der Waals surface area contributed by atoms with Gasteiger partial charge in [0.25, 0.3) is 0 Å². The van der Waals surface area contributed by atoms with Crippen molar-refractivity contribution < 1.29 is 22.5 Å². The molecule has 142 valence electrons. The molecule has 6 nitrogen and oxygen atoms in total. The normalized spacial score (nSPS) is 12.8. The predicted molar refractivity (Wildman–Crippen MR) is 92.9 cm³/mol. The quantitative estimate of drug-likeness (QED) is 0.660. The van der Waals surface area contributed by atoms with Crippen molar-refractivity contribution in [3.05, 3.63) is 35.9 Å². The molecule has 0 N–H and O–H groups in total. The van der Waals surface area contributed by atoms with Gasteiger partial charge < -0.3 is 9.45 Å². The van der Waals surface area contributed by atoms with Crippen LogP contribution in [0.2, 0.25) is 5.15 Å². The van der Waals surface area contributed by atoms with Crippen molar-refractivity contribution >= 4 is 34.4 Å². The predicted octanol–water partition coefficient (Wildman–Crippen LogP) is 2.97. The Kier molecular flexibility index (Phi) is 6.90. The van der Waals surface area contributed by atoms with Crippen LogP contribution in [0.1, 0.15) is 12.8 Å². The van der Waals surface area contributed by atoms with Gasteiger partial charge in [-0.3, -0.25) is 9.78 Å². The number of amides is 1. The van der Waals surface area contributed by atoms with Crippen molar-refractivity contribution in [1.82, 2.24) is 14.8 Å². The molecule has 0 aromatic carbocycles. The maximum absolute atomic E-state index is 12.2. The minimum atomic E-state index is -4.36. The highest BCUT2D eigenvalue weighted by atomic mass is 35.5. The molecule has 1 unspecified atom stereocenters. The highest BCUT2D eigenvalue weighted by molar-refractivity contribution is 7.91. The first-order valence-electron chi connectivity index (χ1n) is 7.51. The third kappa shape index (κ3) is 5.89. The van der Waals surface area contributed by atoms with E-state index in [0.29, 0.717) is 11.4 Å². The van der Waals surface area contributed by atoms with Gasteiger partial charge in [0.05, 0.1) is 30.9 Å². The second kappa shape index (κ2) is 8.74. The lowest BCUT2D eigenvalue weighted by Gasteiger charge is -2.17. The van der Waals surface area contributed by atoms with Crippen molar-refractivity contribution in [3.63, 3.8) is 0 Å². The second-order valence-electron chi connectivity index (χ2n) is 5.38. The number of carbonyl (C=O) groups is 1. The fourth-order valence-electron chi connectivity index (χ4n) is 2.03. The Bertz CT molecular complexity index is 742. The summed E-state index contributed by atoms with van der Waals surface area (Å²) in [4.78, 5) is 17.4. The Morgan fingerprint density at radius 2 is 2.15 bits per heavy atom. The van der Waals surface area contributed by atoms with Crippen molar-refractivity contribution in [2.24, 2.45) is 0 Å². The van der Waals surface area contributed by atoms with Gasteiger partial charge in [-0.1, -0.05) is 22.8 Å². The number of hydrogen-bond acceptors (Lipinski definition) is 4. The van der Waals surface area contributed by atoms with Gasteiger partial charge in [0.2, 0.25) is 5.91 Å². The van der Waals surface area contributed by atoms with Crippen molar-refractivity contribution in [1.29, 1.82) is 0 Å². The van der Waals surface area contributed by atoms with Crippen molar-refractivity contribution in [2.45, 2.75) is 19.0 Å². The van der Waals surface area contributed by atoms with E-state index in [1.807, 2.05) is 0 Å². The molecular weight excluding hydrogens is 393 g/mol. The summed E-state index contributed by atoms with van der Waals surface area (Å²) in [5.41, 5.74) is 0.983. The lowest BCUT2D eigenvalue weighted by molar-refractivity contribution is -0.129. The molecule has 0 spiro atoms. The highest BCUT2D eigenvalue weighted by Gasteiger charge is 2.30. The number of nitrogens with zero attached hydrogens (tertiary/aromatic N) is 4. The molecule has 0 bridgehead atoms. The minimum absolute atomic E-state index is 0.0860. The van der Waals surface area contributed by atoms with Gasteiger partial charge >= 0.3 is 6.18 Å². The molecule has 1 atom stereocenters. The van der Waals surface area contributed by atoms with Gasteiger partial charge in [0.15, 0.2) is 5.15 Å². The van der Waals surface area contributed by atoms with E-state index < -0.39 is 35.4 Å². The molecule has 0 aliphatic heterocycles. The van der Waals surface area contributed by atoms with Crippen LogP contribution in [0.3, 0.4) is 0 Å². The van der Waals surface area contributed by atoms with E-state index in [0.717, 1.165) is 0 Å². The molecule has 11 heteroatoms. The number of alkyl halides is 3. The molecule has 0 aliphatic rings. The highest BCUT2D eigenvalue weighted by Crippen LogP contribution is 2.25. The topological polar surface area (TPSA) is 74.1 Å². The molecule has 26 heavy (non-hydrogen) atoms. The molecule has 0 fully saturated rings. The number of rotatable bonds is 7. The van der Waals surface area contributed by atoms with Crippen molar-refractivity contribution in [2.75, 3.05) is 23.5 Å². The van der Waals surface area contributed by atoms with Crippen LogP contribution in [-0.4, -0.2) is 50.0 Å². The molecule has 0 saturated carbocycles. The minimum Gasteiger partial charge on any atom is -0.616 e. The Hall–Kier alpha value is -1.78. The first-order valence-corrected chi connectivity index (χ1v) is 9.38. The smallest absolute Gasteiger partial charge is 0.393 e. The summed E-state index contributed by atoms with van der Waals surface area (Å²) in [7, 11) is 1.47. The first kappa shape index (κ1) is 20.5. The Morgan fingerprint density at radius 3 is 2.77 bits per heavy atom. The number of pyridine rings is 1. The average Bonchev–Trinajstić information content (AvgIpc) is 2.99. The summed E-state index contributed by atoms with van der Waals surface area (Å²) in [6.45, 7) is 0. The van der Waals surface area contributed by atoms with E-state index in [1.165, 1.54) is 22.8 Å². The Balaban J connectivity index is 1.95. The summed E-state index contributed by atoms with van der Waals surface area (Å²) >= 11 is 4.35. The van der Waals surface area contributed by atoms with E-state index in [-0.39, 0.29) is 17.3 Å². The Morgan fingerprint density at radius 1 is 1.42 bits per heavy atom. The maximum atomic E-state index is 12.2. The molecule has 2 aromatic heterocycles. The van der Waals surface area contributed by atoms with Crippen LogP contribution in [0, 0.1) is 0 Å². The van der Waals surface area contributed by atoms with E-state index >= 15 is 0 Å². The second-order valence-corrected chi connectivity index (χ2v) is 7.43. The fourth-order valence-corrected chi connectivity index (χ4v) is 3.35. The molecule has 0 saturated heterocycles. The summed E-state index contributed by atoms with van der Waals surface area (Å²) in [6, 6.07) is 3.47. The molecular formula is C15H16ClF3N4O2S. The molecule has 2 rings (SSSR count). The zero-order valence-corrected chi connectivity index (χ0v) is 15.3. The van der Waals surface area contributed by atoms with Crippen LogP contribution in [0.4, 0.5) is 18.9 Å². The maximum Gasteiger partial charge on any atom is 0.393 e. The monoisotopic (exact) mass is 408 g/mol. The van der Waals surface area contributed by atoms with Crippen LogP contribution < -0.4 is 4.90 Å². The van der Waals surface area contributed by atoms with E-state index in [2.05, 4.69) is 10.1 Å². The van der Waals surface area contributed by atoms with Gasteiger partial charge in [0, 0.05) is 13.2 Å². The number of carbonyl (C=O) groups excluding carboxylic acids is 1. The summed E-state index contributed by atoms with van der Waals surface area (Å²) in [6.07, 6.45) is -0.936. The van der Waals surface area contributed by atoms with Crippen molar-refractivity contribution in [3.8, 4) is 5.69 Å². The number of halogens is 4. The van der Waals surface area contributed by atoms with Gasteiger partial charge in [-0.2, -0.15) is 18.3 Å². The fraction of sp³-hybridized carbons (Fsp3) is 0.400. The van der Waals surface area contributed by atoms with Crippen LogP contribution in [0.5, 0.6) is 0 Å². The average molecular weight is 409 g/mol. The number of anilines is 1. The molecule has 0 aliphatic carbocycles. The van der Waals surface area contributed by atoms with E-state index in [4.69, 9.17) is 11.6 Å². The summed E-state index contributed by atoms with van der Waals surface area (Å²) < 4.78 is 49.4. The van der Waals surface area contributed by atoms with E-state index in [9.17, 15) is 22.5 Å². The molecule has 0 radical (unpaired) electrons. The van der Waals surface area contributed by atoms with Crippen LogP contribution >= 0.6 is 11.6 Å². The van der Waals surface area contributed by atoms with Gasteiger partial charge in [-0.25, -0.2) is 4.68 Å². The lowest BCUT2D eigenvalue weighted by Crippen LogP contribution is -2.29. The number of aromatic nitrogens is 3. The SMILES string of the molecule is CN(C(=O)CC[S+]([O-])CCC(F)(F)F)c1cn(-c2cccnc2)nc1Cl. The summed E-state index contributed by atoms with van der Waals surface area (Å²) in [5, 5.41) is 4.19. The van der Waals surface area contributed by atoms with E-state index in [1.54, 1.807) is 24.5 Å². The van der Waals surface area contributed by atoms with Crippen LogP contribution in [0.25, 0.3) is 5.69 Å².